The van der Waals surface area contributed by atoms with Crippen molar-refractivity contribution < 1.29 is 13.2 Å². The first kappa shape index (κ1) is 9.92. The van der Waals surface area contributed by atoms with Gasteiger partial charge < -0.3 is 5.32 Å². The Morgan fingerprint density at radius 3 is 2.64 bits per heavy atom. The van der Waals surface area contributed by atoms with Crippen LogP contribution in [0.25, 0.3) is 0 Å². The third-order valence-corrected chi connectivity index (χ3v) is 3.29. The number of thiazole rings is 1. The van der Waals surface area contributed by atoms with E-state index in [0.29, 0.717) is 25.1 Å². The number of aromatic nitrogens is 1. The van der Waals surface area contributed by atoms with Crippen LogP contribution in [0.4, 0.5) is 13.2 Å². The van der Waals surface area contributed by atoms with E-state index in [1.165, 1.54) is 0 Å². The zero-order valence-electron chi connectivity index (χ0n) is 7.32. The van der Waals surface area contributed by atoms with Gasteiger partial charge in [-0.1, -0.05) is 0 Å². The van der Waals surface area contributed by atoms with Gasteiger partial charge >= 0.3 is 6.18 Å². The van der Waals surface area contributed by atoms with E-state index >= 15 is 0 Å². The normalized spacial score (nSPS) is 17.6. The fraction of sp³-hybridized carbons (Fsp3) is 0.625. The molecule has 2 heterocycles. The summed E-state index contributed by atoms with van der Waals surface area (Å²) < 4.78 is 36.9. The van der Waals surface area contributed by atoms with Crippen molar-refractivity contribution in [2.45, 2.75) is 19.0 Å². The number of hydrogen-bond donors (Lipinski definition) is 1. The molecule has 0 unspecified atom stereocenters. The maximum atomic E-state index is 12.3. The Balaban J connectivity index is 2.31. The summed E-state index contributed by atoms with van der Waals surface area (Å²) in [5, 5.41) is 2.42. The van der Waals surface area contributed by atoms with Crippen molar-refractivity contribution in [3.63, 3.8) is 0 Å². The van der Waals surface area contributed by atoms with E-state index < -0.39 is 11.2 Å². The molecule has 1 N–H and O–H groups in total. The molecule has 0 aliphatic carbocycles. The van der Waals surface area contributed by atoms with Crippen LogP contribution in [0.15, 0.2) is 0 Å². The molecule has 0 saturated carbocycles. The summed E-state index contributed by atoms with van der Waals surface area (Å²) in [7, 11) is 0. The Morgan fingerprint density at radius 1 is 1.21 bits per heavy atom. The zero-order chi connectivity index (χ0) is 10.2. The molecular formula is C8H9F3N2S. The molecule has 1 aliphatic rings. The van der Waals surface area contributed by atoms with Crippen LogP contribution in [0, 0.1) is 0 Å². The van der Waals surface area contributed by atoms with Gasteiger partial charge in [0.25, 0.3) is 0 Å². The molecule has 1 aromatic rings. The van der Waals surface area contributed by atoms with Crippen molar-refractivity contribution in [3.8, 4) is 0 Å². The van der Waals surface area contributed by atoms with Gasteiger partial charge in [-0.05, 0) is 6.42 Å². The summed E-state index contributed by atoms with van der Waals surface area (Å²) in [5.41, 5.74) is 0.618. The van der Waals surface area contributed by atoms with Gasteiger partial charge in [0.2, 0.25) is 0 Å². The second-order valence-corrected chi connectivity index (χ2v) is 4.22. The minimum Gasteiger partial charge on any atom is -0.316 e. The van der Waals surface area contributed by atoms with Gasteiger partial charge in [-0.15, -0.1) is 11.3 Å². The second kappa shape index (κ2) is 3.51. The van der Waals surface area contributed by atoms with E-state index in [2.05, 4.69) is 10.3 Å². The zero-order valence-corrected chi connectivity index (χ0v) is 8.13. The topological polar surface area (TPSA) is 24.9 Å². The predicted molar refractivity (Wildman–Crippen MR) is 47.4 cm³/mol. The van der Waals surface area contributed by atoms with Crippen LogP contribution in [0.1, 0.15) is 15.6 Å². The molecule has 0 spiro atoms. The third kappa shape index (κ3) is 1.90. The molecule has 2 rings (SSSR count). The Labute approximate surface area is 83.2 Å². The van der Waals surface area contributed by atoms with Crippen LogP contribution in [0.5, 0.6) is 0 Å². The first-order valence-electron chi connectivity index (χ1n) is 4.34. The summed E-state index contributed by atoms with van der Waals surface area (Å²) >= 11 is 0.779. The Bertz CT molecular complexity index is 308. The number of nitrogens with zero attached hydrogens (tertiary/aromatic N) is 1. The SMILES string of the molecule is FC(F)(F)c1nc2c(s1)CCNCC2. The standard InChI is InChI=1S/C8H9F3N2S/c9-8(10,11)7-13-5-1-3-12-4-2-6(5)14-7/h12H,1-4H2. The highest BCUT2D eigenvalue weighted by Crippen LogP contribution is 2.34. The molecule has 0 radical (unpaired) electrons. The quantitative estimate of drug-likeness (QED) is 0.724. The van der Waals surface area contributed by atoms with E-state index in [9.17, 15) is 13.2 Å². The van der Waals surface area contributed by atoms with Gasteiger partial charge in [0, 0.05) is 24.4 Å². The maximum absolute atomic E-state index is 12.3. The number of rotatable bonds is 0. The molecule has 0 aromatic carbocycles. The first-order chi connectivity index (χ1) is 6.57. The van der Waals surface area contributed by atoms with Crippen LogP contribution in [0.2, 0.25) is 0 Å². The lowest BCUT2D eigenvalue weighted by Crippen LogP contribution is -2.16. The smallest absolute Gasteiger partial charge is 0.316 e. The average Bonchev–Trinajstić information content (AvgIpc) is 2.38. The fourth-order valence-electron chi connectivity index (χ4n) is 1.43. The van der Waals surface area contributed by atoms with Crippen molar-refractivity contribution in [2.75, 3.05) is 13.1 Å². The van der Waals surface area contributed by atoms with Crippen LogP contribution in [-0.4, -0.2) is 18.1 Å². The van der Waals surface area contributed by atoms with E-state index in [4.69, 9.17) is 0 Å². The van der Waals surface area contributed by atoms with Gasteiger partial charge in [0.05, 0.1) is 5.69 Å². The van der Waals surface area contributed by atoms with Crippen LogP contribution < -0.4 is 5.32 Å². The predicted octanol–water partition coefficient (Wildman–Crippen LogP) is 1.85. The third-order valence-electron chi connectivity index (χ3n) is 2.09. The average molecular weight is 222 g/mol. The molecule has 14 heavy (non-hydrogen) atoms. The first-order valence-corrected chi connectivity index (χ1v) is 5.15. The minimum atomic E-state index is -4.29. The summed E-state index contributed by atoms with van der Waals surface area (Å²) in [6, 6.07) is 0. The Morgan fingerprint density at radius 2 is 1.93 bits per heavy atom. The molecule has 0 bridgehead atoms. The van der Waals surface area contributed by atoms with E-state index in [0.717, 1.165) is 22.8 Å². The van der Waals surface area contributed by atoms with E-state index in [1.807, 2.05) is 0 Å². The monoisotopic (exact) mass is 222 g/mol. The van der Waals surface area contributed by atoms with Crippen LogP contribution in [0.3, 0.4) is 0 Å². The number of nitrogens with one attached hydrogen (secondary N) is 1. The highest BCUT2D eigenvalue weighted by atomic mass is 32.1. The van der Waals surface area contributed by atoms with Crippen molar-refractivity contribution in [2.24, 2.45) is 0 Å². The van der Waals surface area contributed by atoms with Crippen molar-refractivity contribution in [1.82, 2.24) is 10.3 Å². The van der Waals surface area contributed by atoms with E-state index in [1.54, 1.807) is 0 Å². The lowest BCUT2D eigenvalue weighted by atomic mass is 10.2. The van der Waals surface area contributed by atoms with Crippen LogP contribution in [-0.2, 0) is 19.0 Å². The van der Waals surface area contributed by atoms with Gasteiger partial charge in [-0.3, -0.25) is 0 Å². The Kier molecular flexibility index (Phi) is 2.48. The number of hydrogen-bond acceptors (Lipinski definition) is 3. The summed E-state index contributed by atoms with van der Waals surface area (Å²) in [6.07, 6.45) is -3.03. The minimum absolute atomic E-state index is 0.599. The van der Waals surface area contributed by atoms with Crippen molar-refractivity contribution >= 4 is 11.3 Å². The fourth-order valence-corrected chi connectivity index (χ4v) is 2.40. The van der Waals surface area contributed by atoms with Crippen LogP contribution >= 0.6 is 11.3 Å². The lowest BCUT2D eigenvalue weighted by molar-refractivity contribution is -0.137. The van der Waals surface area contributed by atoms with Gasteiger partial charge in [-0.25, -0.2) is 4.98 Å². The highest BCUT2D eigenvalue weighted by Gasteiger charge is 2.35. The number of alkyl halides is 3. The largest absolute Gasteiger partial charge is 0.443 e. The van der Waals surface area contributed by atoms with Gasteiger partial charge in [0.15, 0.2) is 5.01 Å². The molecular weight excluding hydrogens is 213 g/mol. The molecule has 0 atom stereocenters. The molecule has 2 nitrogen and oxygen atoms in total. The second-order valence-electron chi connectivity index (χ2n) is 3.14. The highest BCUT2D eigenvalue weighted by molar-refractivity contribution is 7.11. The molecule has 0 amide bonds. The van der Waals surface area contributed by atoms with Gasteiger partial charge in [0.1, 0.15) is 0 Å². The summed E-state index contributed by atoms with van der Waals surface area (Å²) in [4.78, 5) is 4.42. The summed E-state index contributed by atoms with van der Waals surface area (Å²) in [6.45, 7) is 1.46. The van der Waals surface area contributed by atoms with Gasteiger partial charge in [-0.2, -0.15) is 13.2 Å². The lowest BCUT2D eigenvalue weighted by Gasteiger charge is -2.00. The molecule has 0 fully saturated rings. The molecule has 78 valence electrons. The number of halogens is 3. The van der Waals surface area contributed by atoms with Crippen molar-refractivity contribution in [3.05, 3.63) is 15.6 Å². The van der Waals surface area contributed by atoms with E-state index in [-0.39, 0.29) is 0 Å². The molecule has 6 heteroatoms. The maximum Gasteiger partial charge on any atom is 0.443 e. The Hall–Kier alpha value is -0.620. The van der Waals surface area contributed by atoms with Crippen molar-refractivity contribution in [1.29, 1.82) is 0 Å². The summed E-state index contributed by atoms with van der Waals surface area (Å²) in [5.74, 6) is 0. The number of fused-ring (bicyclic) bond motifs is 1. The molecule has 1 aliphatic heterocycles. The molecule has 1 aromatic heterocycles. The molecule has 0 saturated heterocycles.